The lowest BCUT2D eigenvalue weighted by Gasteiger charge is -2.53. The fourth-order valence-electron chi connectivity index (χ4n) is 6.39. The van der Waals surface area contributed by atoms with Crippen LogP contribution in [0.3, 0.4) is 0 Å². The first-order valence-electron chi connectivity index (χ1n) is 13.2. The van der Waals surface area contributed by atoms with Crippen molar-refractivity contribution in [1.29, 1.82) is 0 Å². The minimum Gasteiger partial charge on any atom is -0.481 e. The van der Waals surface area contributed by atoms with Crippen LogP contribution in [-0.2, 0) is 4.79 Å². The number of piperidine rings is 1. The molecule has 4 fully saturated rings. The van der Waals surface area contributed by atoms with Crippen LogP contribution in [0.1, 0.15) is 61.9 Å². The molecule has 2 aliphatic carbocycles. The van der Waals surface area contributed by atoms with Crippen molar-refractivity contribution in [3.8, 4) is 17.1 Å². The maximum atomic E-state index is 14.3. The Morgan fingerprint density at radius 3 is 2.55 bits per heavy atom. The highest BCUT2D eigenvalue weighted by molar-refractivity contribution is 5.94. The number of halogens is 3. The summed E-state index contributed by atoms with van der Waals surface area (Å²) in [5, 5.41) is 12.9. The number of H-pyrrole nitrogens is 1. The van der Waals surface area contributed by atoms with E-state index in [2.05, 4.69) is 25.8 Å². The number of hydrogen-bond donors (Lipinski definition) is 3. The van der Waals surface area contributed by atoms with Gasteiger partial charge in [-0.15, -0.1) is 0 Å². The van der Waals surface area contributed by atoms with Crippen LogP contribution in [0.4, 0.5) is 13.2 Å². The number of amides is 2. The third kappa shape index (κ3) is 4.13. The zero-order valence-corrected chi connectivity index (χ0v) is 21.2. The van der Waals surface area contributed by atoms with Gasteiger partial charge in [-0.2, -0.15) is 5.10 Å². The molecule has 12 heteroatoms. The first-order chi connectivity index (χ1) is 18.2. The van der Waals surface area contributed by atoms with Crippen LogP contribution in [0.5, 0.6) is 5.88 Å². The van der Waals surface area contributed by atoms with Crippen LogP contribution in [-0.4, -0.2) is 75.1 Å². The molecular weight excluding hydrogens is 501 g/mol. The van der Waals surface area contributed by atoms with E-state index in [9.17, 15) is 22.8 Å². The number of aromatic amines is 1. The van der Waals surface area contributed by atoms with Gasteiger partial charge in [0.15, 0.2) is 11.5 Å². The molecule has 2 saturated carbocycles. The molecule has 0 bridgehead atoms. The maximum Gasteiger partial charge on any atom is 0.278 e. The number of pyridine rings is 1. The second-order valence-electron chi connectivity index (χ2n) is 11.2. The molecule has 6 rings (SSSR count). The van der Waals surface area contributed by atoms with E-state index in [-0.39, 0.29) is 53.0 Å². The molecule has 1 atom stereocenters. The van der Waals surface area contributed by atoms with Gasteiger partial charge in [0.25, 0.3) is 11.8 Å². The number of ether oxygens (including phenoxy) is 1. The van der Waals surface area contributed by atoms with Crippen molar-refractivity contribution in [2.24, 2.45) is 5.92 Å². The fraction of sp³-hybridized carbons (Fsp3) is 0.615. The topological polar surface area (TPSA) is 112 Å². The number of hydrogen-bond acceptors (Lipinski definition) is 6. The van der Waals surface area contributed by atoms with Crippen LogP contribution in [0.2, 0.25) is 0 Å². The third-order valence-corrected chi connectivity index (χ3v) is 9.00. The van der Waals surface area contributed by atoms with Crippen molar-refractivity contribution >= 4 is 11.8 Å². The Balaban J connectivity index is 1.07. The molecule has 2 saturated heterocycles. The van der Waals surface area contributed by atoms with Crippen molar-refractivity contribution < 1.29 is 27.5 Å². The number of rotatable bonds is 5. The Bertz CT molecular complexity index is 1250. The SMILES string of the molecule is COc1cc(-c2cc(C(=O)N3CC[C@H](C(=O)NC4CCC5(CC4)NCC5(F)F)CC34CC4)n[nH]2)c(F)cn1. The van der Waals surface area contributed by atoms with Crippen molar-refractivity contribution in [2.75, 3.05) is 20.2 Å². The average Bonchev–Trinajstić information content (AvgIpc) is 3.49. The molecule has 4 aliphatic rings. The summed E-state index contributed by atoms with van der Waals surface area (Å²) in [5.74, 6) is -3.53. The monoisotopic (exact) mass is 532 g/mol. The van der Waals surface area contributed by atoms with Gasteiger partial charge in [-0.25, -0.2) is 18.2 Å². The zero-order chi connectivity index (χ0) is 26.7. The molecule has 0 aromatic carbocycles. The summed E-state index contributed by atoms with van der Waals surface area (Å²) in [6, 6.07) is 2.85. The van der Waals surface area contributed by atoms with Gasteiger partial charge in [0.05, 0.1) is 31.1 Å². The summed E-state index contributed by atoms with van der Waals surface area (Å²) < 4.78 is 47.4. The lowest BCUT2D eigenvalue weighted by atomic mass is 9.70. The van der Waals surface area contributed by atoms with E-state index in [0.29, 0.717) is 50.8 Å². The van der Waals surface area contributed by atoms with E-state index in [4.69, 9.17) is 4.74 Å². The number of likely N-dealkylation sites (tertiary alicyclic amines) is 1. The first kappa shape index (κ1) is 25.1. The molecule has 0 unspecified atom stereocenters. The zero-order valence-electron chi connectivity index (χ0n) is 21.2. The molecule has 2 amide bonds. The first-order valence-corrected chi connectivity index (χ1v) is 13.2. The Hall–Kier alpha value is -3.15. The number of carbonyl (C=O) groups is 2. The average molecular weight is 533 g/mol. The highest BCUT2D eigenvalue weighted by Crippen LogP contribution is 2.51. The molecule has 2 aliphatic heterocycles. The van der Waals surface area contributed by atoms with E-state index in [1.165, 1.54) is 19.2 Å². The van der Waals surface area contributed by atoms with E-state index < -0.39 is 17.3 Å². The summed E-state index contributed by atoms with van der Waals surface area (Å²) in [7, 11) is 1.43. The number of nitrogens with zero attached hydrogens (tertiary/aromatic N) is 3. The van der Waals surface area contributed by atoms with Gasteiger partial charge in [0.2, 0.25) is 11.8 Å². The van der Waals surface area contributed by atoms with Gasteiger partial charge in [0, 0.05) is 35.7 Å². The molecule has 2 aromatic heterocycles. The van der Waals surface area contributed by atoms with Crippen LogP contribution in [0, 0.1) is 11.7 Å². The van der Waals surface area contributed by atoms with Gasteiger partial charge in [-0.1, -0.05) is 0 Å². The van der Waals surface area contributed by atoms with Crippen LogP contribution >= 0.6 is 0 Å². The van der Waals surface area contributed by atoms with E-state index in [1.807, 2.05) is 0 Å². The molecule has 4 heterocycles. The van der Waals surface area contributed by atoms with Crippen LogP contribution in [0.25, 0.3) is 11.3 Å². The molecule has 204 valence electrons. The number of carbonyl (C=O) groups excluding carboxylic acids is 2. The molecule has 9 nitrogen and oxygen atoms in total. The van der Waals surface area contributed by atoms with Crippen molar-refractivity contribution in [1.82, 2.24) is 30.7 Å². The standard InChI is InChI=1S/C26H31F3N6O3/c1-38-21-10-17(18(27)13-30-21)19-11-20(34-33-19)23(37)35-9-4-15(12-24(35)7-8-24)22(36)32-16-2-5-25(6-3-16)26(28,29)14-31-25/h10-11,13,15-16,31H,2-9,12,14H2,1H3,(H,32,36)(H,33,34)/t15-,16?,25?/m0/s1. The molecule has 38 heavy (non-hydrogen) atoms. The van der Waals surface area contributed by atoms with E-state index in [0.717, 1.165) is 19.0 Å². The molecule has 0 radical (unpaired) electrons. The minimum absolute atomic E-state index is 0.0539. The number of aromatic nitrogens is 3. The summed E-state index contributed by atoms with van der Waals surface area (Å²) in [6.07, 6.45) is 5.51. The quantitative estimate of drug-likeness (QED) is 0.546. The van der Waals surface area contributed by atoms with Crippen molar-refractivity contribution in [3.05, 3.63) is 29.8 Å². The van der Waals surface area contributed by atoms with Gasteiger partial charge in [0.1, 0.15) is 0 Å². The highest BCUT2D eigenvalue weighted by Gasteiger charge is 2.62. The predicted molar refractivity (Wildman–Crippen MR) is 130 cm³/mol. The molecule has 2 spiro atoms. The van der Waals surface area contributed by atoms with Crippen molar-refractivity contribution in [3.63, 3.8) is 0 Å². The second kappa shape index (κ2) is 8.96. The van der Waals surface area contributed by atoms with Gasteiger partial charge >= 0.3 is 0 Å². The van der Waals surface area contributed by atoms with Gasteiger partial charge < -0.3 is 20.3 Å². The normalized spacial score (nSPS) is 29.1. The summed E-state index contributed by atoms with van der Waals surface area (Å²) in [5.41, 5.74) is -0.753. The third-order valence-electron chi connectivity index (χ3n) is 9.00. The maximum absolute atomic E-state index is 14.3. The molecular formula is C26H31F3N6O3. The van der Waals surface area contributed by atoms with E-state index >= 15 is 0 Å². The van der Waals surface area contributed by atoms with Gasteiger partial charge in [-0.05, 0) is 57.4 Å². The predicted octanol–water partition coefficient (Wildman–Crippen LogP) is 3.04. The fourth-order valence-corrected chi connectivity index (χ4v) is 6.39. The minimum atomic E-state index is -2.67. The Morgan fingerprint density at radius 2 is 1.92 bits per heavy atom. The van der Waals surface area contributed by atoms with Gasteiger partial charge in [-0.3, -0.25) is 14.7 Å². The Kier molecular flexibility index (Phi) is 5.93. The lowest BCUT2D eigenvalue weighted by Crippen LogP contribution is -2.75. The Morgan fingerprint density at radius 1 is 1.16 bits per heavy atom. The summed E-state index contributed by atoms with van der Waals surface area (Å²) in [6.45, 7) is 0.152. The van der Waals surface area contributed by atoms with Crippen LogP contribution in [0.15, 0.2) is 18.3 Å². The largest absolute Gasteiger partial charge is 0.481 e. The molecule has 2 aromatic rings. The number of alkyl halides is 2. The lowest BCUT2D eigenvalue weighted by molar-refractivity contribution is -0.170. The summed E-state index contributed by atoms with van der Waals surface area (Å²) in [4.78, 5) is 32.1. The summed E-state index contributed by atoms with van der Waals surface area (Å²) >= 11 is 0. The second-order valence-corrected chi connectivity index (χ2v) is 11.2. The van der Waals surface area contributed by atoms with Crippen molar-refractivity contribution in [2.45, 2.75) is 74.4 Å². The smallest absolute Gasteiger partial charge is 0.278 e. The van der Waals surface area contributed by atoms with E-state index in [1.54, 1.807) is 4.90 Å². The highest BCUT2D eigenvalue weighted by atomic mass is 19.3. The molecule has 3 N–H and O–H groups in total. The Labute approximate surface area is 217 Å². The number of methoxy groups -OCH3 is 1. The number of nitrogens with one attached hydrogen (secondary N) is 3. The van der Waals surface area contributed by atoms with Crippen LogP contribution < -0.4 is 15.4 Å².